The number of hydrogen-bond donors (Lipinski definition) is 1. The van der Waals surface area contributed by atoms with E-state index >= 15 is 0 Å². The highest BCUT2D eigenvalue weighted by atomic mass is 79.9. The van der Waals surface area contributed by atoms with Crippen molar-refractivity contribution in [2.45, 2.75) is 20.0 Å². The molecular weight excluding hydrogens is 574 g/mol. The first-order valence-corrected chi connectivity index (χ1v) is 14.1. The highest BCUT2D eigenvalue weighted by molar-refractivity contribution is 9.10. The smallest absolute Gasteiger partial charge is 0.271 e. The van der Waals surface area contributed by atoms with Gasteiger partial charge in [0.1, 0.15) is 12.4 Å². The Morgan fingerprint density at radius 1 is 0.951 bits per heavy atom. The van der Waals surface area contributed by atoms with Crippen LogP contribution in [0.15, 0.2) is 131 Å². The number of rotatable bonds is 10. The molecule has 1 N–H and O–H groups in total. The molecule has 0 fully saturated rings. The highest BCUT2D eigenvalue weighted by Gasteiger charge is 2.11. The van der Waals surface area contributed by atoms with Gasteiger partial charge < -0.3 is 9.30 Å². The van der Waals surface area contributed by atoms with Gasteiger partial charge in [0.25, 0.3) is 5.91 Å². The molecule has 0 spiro atoms. The third-order valence-corrected chi connectivity index (χ3v) is 7.20. The third kappa shape index (κ3) is 6.91. The van der Waals surface area contributed by atoms with Crippen molar-refractivity contribution in [1.82, 2.24) is 9.99 Å². The van der Waals surface area contributed by atoms with E-state index in [-0.39, 0.29) is 5.91 Å². The number of carbonyl (C=O) groups excluding carboxylic acids is 1. The van der Waals surface area contributed by atoms with Crippen molar-refractivity contribution in [3.8, 4) is 22.7 Å². The van der Waals surface area contributed by atoms with Gasteiger partial charge in [0.05, 0.1) is 11.9 Å². The largest absolute Gasteiger partial charge is 0.489 e. The Hall–Kier alpha value is -4.68. The van der Waals surface area contributed by atoms with Crippen LogP contribution in [-0.4, -0.2) is 16.7 Å². The number of carbonyl (C=O) groups is 1. The van der Waals surface area contributed by atoms with E-state index in [2.05, 4.69) is 68.8 Å². The van der Waals surface area contributed by atoms with Gasteiger partial charge in [0.2, 0.25) is 0 Å². The summed E-state index contributed by atoms with van der Waals surface area (Å²) in [5, 5.41) is 4.19. The first-order valence-electron chi connectivity index (χ1n) is 13.3. The Labute approximate surface area is 249 Å². The number of aromatic nitrogens is 1. The predicted octanol–water partition coefficient (Wildman–Crippen LogP) is 8.29. The topological polar surface area (TPSA) is 55.6 Å². The Bertz CT molecular complexity index is 1670. The zero-order valence-corrected chi connectivity index (χ0v) is 24.3. The molecule has 0 unspecified atom stereocenters. The van der Waals surface area contributed by atoms with E-state index in [1.165, 1.54) is 0 Å². The standard InChI is InChI=1S/C35H30BrN3O2/c1-3-7-30-22-27(13-21-34(30)41-24-26-11-16-31(36)17-12-26)23-37-38-35(40)29-14-18-32(19-15-29)39-25(2)10-20-33(39)28-8-5-4-6-9-28/h3-6,8-23H,1,7,24H2,2H3,(H,38,40)/b37-23+. The van der Waals surface area contributed by atoms with Crippen molar-refractivity contribution in [3.63, 3.8) is 0 Å². The molecule has 0 aliphatic carbocycles. The molecule has 0 atom stereocenters. The van der Waals surface area contributed by atoms with Crippen molar-refractivity contribution in [2.24, 2.45) is 5.10 Å². The molecule has 6 heteroatoms. The van der Waals surface area contributed by atoms with Crippen LogP contribution in [0.3, 0.4) is 0 Å². The van der Waals surface area contributed by atoms with Crippen LogP contribution in [0, 0.1) is 6.92 Å². The summed E-state index contributed by atoms with van der Waals surface area (Å²) in [6.45, 7) is 6.41. The van der Waals surface area contributed by atoms with E-state index in [0.717, 1.165) is 49.6 Å². The summed E-state index contributed by atoms with van der Waals surface area (Å²) in [5.41, 5.74) is 10.4. The van der Waals surface area contributed by atoms with E-state index in [9.17, 15) is 4.79 Å². The first kappa shape index (κ1) is 27.9. The van der Waals surface area contributed by atoms with E-state index in [1.807, 2.05) is 91.0 Å². The minimum absolute atomic E-state index is 0.277. The molecule has 1 aromatic heterocycles. The SMILES string of the molecule is C=CCc1cc(/C=N/NC(=O)c2ccc(-n3c(C)ccc3-c3ccccc3)cc2)ccc1OCc1ccc(Br)cc1. The lowest BCUT2D eigenvalue weighted by Gasteiger charge is -2.13. The van der Waals surface area contributed by atoms with E-state index < -0.39 is 0 Å². The molecular formula is C35H30BrN3O2. The van der Waals surface area contributed by atoms with Crippen LogP contribution < -0.4 is 10.2 Å². The second-order valence-corrected chi connectivity index (χ2v) is 10.5. The number of nitrogens with one attached hydrogen (secondary N) is 1. The predicted molar refractivity (Wildman–Crippen MR) is 170 cm³/mol. The quantitative estimate of drug-likeness (QED) is 0.0991. The zero-order valence-electron chi connectivity index (χ0n) is 22.8. The number of amides is 1. The van der Waals surface area contributed by atoms with Gasteiger partial charge in [0, 0.05) is 21.4 Å². The number of allylic oxidation sites excluding steroid dienone is 1. The van der Waals surface area contributed by atoms with Crippen molar-refractivity contribution < 1.29 is 9.53 Å². The maximum absolute atomic E-state index is 12.8. The molecule has 41 heavy (non-hydrogen) atoms. The van der Waals surface area contributed by atoms with Crippen LogP contribution in [0.5, 0.6) is 5.75 Å². The summed E-state index contributed by atoms with van der Waals surface area (Å²) < 4.78 is 9.28. The van der Waals surface area contributed by atoms with Gasteiger partial charge in [-0.25, -0.2) is 5.43 Å². The monoisotopic (exact) mass is 603 g/mol. The first-order chi connectivity index (χ1) is 20.0. The van der Waals surface area contributed by atoms with Gasteiger partial charge >= 0.3 is 0 Å². The summed E-state index contributed by atoms with van der Waals surface area (Å²) >= 11 is 3.46. The highest BCUT2D eigenvalue weighted by Crippen LogP contribution is 2.27. The molecule has 0 radical (unpaired) electrons. The normalized spacial score (nSPS) is 11.0. The second kappa shape index (κ2) is 13.1. The van der Waals surface area contributed by atoms with Gasteiger partial charge in [-0.2, -0.15) is 5.10 Å². The number of halogens is 1. The fourth-order valence-corrected chi connectivity index (χ4v) is 4.85. The van der Waals surface area contributed by atoms with Crippen LogP contribution >= 0.6 is 15.9 Å². The lowest BCUT2D eigenvalue weighted by molar-refractivity contribution is 0.0955. The minimum Gasteiger partial charge on any atom is -0.489 e. The average Bonchev–Trinajstić information content (AvgIpc) is 3.39. The van der Waals surface area contributed by atoms with Crippen LogP contribution in [0.25, 0.3) is 16.9 Å². The molecule has 0 saturated heterocycles. The number of hydrogen-bond acceptors (Lipinski definition) is 3. The summed E-state index contributed by atoms with van der Waals surface area (Å²) in [7, 11) is 0. The number of aryl methyl sites for hydroxylation is 1. The van der Waals surface area contributed by atoms with Gasteiger partial charge in [-0.3, -0.25) is 4.79 Å². The zero-order chi connectivity index (χ0) is 28.6. The summed E-state index contributed by atoms with van der Waals surface area (Å²) in [5.74, 6) is 0.517. The summed E-state index contributed by atoms with van der Waals surface area (Å²) in [6, 6.07) is 35.9. The molecule has 5 aromatic rings. The van der Waals surface area contributed by atoms with Crippen molar-refractivity contribution in [2.75, 3.05) is 0 Å². The second-order valence-electron chi connectivity index (χ2n) is 9.58. The number of benzene rings is 4. The molecule has 204 valence electrons. The van der Waals surface area contributed by atoms with E-state index in [4.69, 9.17) is 4.74 Å². The molecule has 4 aromatic carbocycles. The third-order valence-electron chi connectivity index (χ3n) is 6.67. The number of hydrazone groups is 1. The Balaban J connectivity index is 1.23. The molecule has 0 aliphatic rings. The maximum atomic E-state index is 12.8. The van der Waals surface area contributed by atoms with Crippen LogP contribution in [0.2, 0.25) is 0 Å². The van der Waals surface area contributed by atoms with Gasteiger partial charge in [-0.05, 0) is 102 Å². The van der Waals surface area contributed by atoms with Gasteiger partial charge in [0.15, 0.2) is 0 Å². The minimum atomic E-state index is -0.277. The lowest BCUT2D eigenvalue weighted by atomic mass is 10.1. The summed E-state index contributed by atoms with van der Waals surface area (Å²) in [4.78, 5) is 12.8. The number of ether oxygens (including phenoxy) is 1. The van der Waals surface area contributed by atoms with E-state index in [1.54, 1.807) is 6.21 Å². The lowest BCUT2D eigenvalue weighted by Crippen LogP contribution is -2.17. The number of nitrogens with zero attached hydrogens (tertiary/aromatic N) is 2. The van der Waals surface area contributed by atoms with Crippen LogP contribution in [0.1, 0.15) is 32.7 Å². The Morgan fingerprint density at radius 2 is 1.71 bits per heavy atom. The molecule has 0 bridgehead atoms. The van der Waals surface area contributed by atoms with Crippen molar-refractivity contribution >= 4 is 28.1 Å². The molecule has 5 nitrogen and oxygen atoms in total. The van der Waals surface area contributed by atoms with E-state index in [0.29, 0.717) is 18.6 Å². The Morgan fingerprint density at radius 3 is 2.44 bits per heavy atom. The summed E-state index contributed by atoms with van der Waals surface area (Å²) in [6.07, 6.45) is 4.13. The Kier molecular flexibility index (Phi) is 8.92. The van der Waals surface area contributed by atoms with Crippen LogP contribution in [0.4, 0.5) is 0 Å². The molecule has 0 saturated carbocycles. The van der Waals surface area contributed by atoms with Crippen LogP contribution in [-0.2, 0) is 13.0 Å². The molecule has 0 aliphatic heterocycles. The molecule has 1 heterocycles. The van der Waals surface area contributed by atoms with Gasteiger partial charge in [-0.15, -0.1) is 6.58 Å². The fraction of sp³-hybridized carbons (Fsp3) is 0.0857. The van der Waals surface area contributed by atoms with Gasteiger partial charge in [-0.1, -0.05) is 64.5 Å². The molecule has 1 amide bonds. The maximum Gasteiger partial charge on any atom is 0.271 e. The fourth-order valence-electron chi connectivity index (χ4n) is 4.58. The average molecular weight is 605 g/mol. The molecule has 5 rings (SSSR count). The van der Waals surface area contributed by atoms with Crippen molar-refractivity contribution in [3.05, 3.63) is 154 Å². The van der Waals surface area contributed by atoms with Crippen molar-refractivity contribution in [1.29, 1.82) is 0 Å².